The fourth-order valence-corrected chi connectivity index (χ4v) is 4.54. The summed E-state index contributed by atoms with van der Waals surface area (Å²) < 4.78 is 29.7. The van der Waals surface area contributed by atoms with Crippen LogP contribution in [0.3, 0.4) is 0 Å². The number of carbonyl (C=O) groups is 1. The van der Waals surface area contributed by atoms with Crippen LogP contribution in [-0.4, -0.2) is 34.4 Å². The first-order chi connectivity index (χ1) is 13.5. The molecule has 1 saturated carbocycles. The number of nitrogens with zero attached hydrogens (tertiary/aromatic N) is 2. The molecular formula is C21H24F2N2O2S. The third-order valence-electron chi connectivity index (χ3n) is 4.95. The lowest BCUT2D eigenvalue weighted by Gasteiger charge is -2.26. The first kappa shape index (κ1) is 20.6. The Morgan fingerprint density at radius 2 is 2.04 bits per heavy atom. The molecule has 0 aliphatic heterocycles. The summed E-state index contributed by atoms with van der Waals surface area (Å²) in [6, 6.07) is 6.31. The minimum atomic E-state index is -0.916. The molecule has 0 spiro atoms. The Bertz CT molecular complexity index is 820. The number of rotatable bonds is 9. The molecule has 1 N–H and O–H groups in total. The van der Waals surface area contributed by atoms with Gasteiger partial charge in [0.2, 0.25) is 0 Å². The van der Waals surface area contributed by atoms with E-state index in [0.29, 0.717) is 23.8 Å². The summed E-state index contributed by atoms with van der Waals surface area (Å²) in [5.41, 5.74) is 1.10. The average molecular weight is 406 g/mol. The minimum Gasteiger partial charge on any atom is -0.481 e. The highest BCUT2D eigenvalue weighted by molar-refractivity contribution is 8.00. The van der Waals surface area contributed by atoms with E-state index >= 15 is 0 Å². The van der Waals surface area contributed by atoms with Crippen molar-refractivity contribution in [3.63, 3.8) is 0 Å². The van der Waals surface area contributed by atoms with Crippen LogP contribution in [0.25, 0.3) is 11.1 Å². The summed E-state index contributed by atoms with van der Waals surface area (Å²) >= 11 is 1.67. The summed E-state index contributed by atoms with van der Waals surface area (Å²) in [5, 5.41) is 10.1. The molecule has 0 bridgehead atoms. The summed E-state index contributed by atoms with van der Waals surface area (Å²) in [6.45, 7) is 2.47. The molecule has 1 heterocycles. The zero-order valence-corrected chi connectivity index (χ0v) is 16.6. The van der Waals surface area contributed by atoms with Crippen LogP contribution < -0.4 is 4.90 Å². The fourth-order valence-electron chi connectivity index (χ4n) is 3.22. The Balaban J connectivity index is 1.86. The number of pyridine rings is 1. The standard InChI is InChI=1S/C21H24F2N2O2S/c1-2-25(11-5-9-19(26)27)20-17(22)12-14(13-18(20)23)16-8-4-10-24-21(16)28-15-6-3-7-15/h4,8,10,12-13,15H,2-3,5-7,9,11H2,1H3,(H,26,27). The van der Waals surface area contributed by atoms with E-state index in [1.165, 1.54) is 18.6 Å². The molecule has 28 heavy (non-hydrogen) atoms. The van der Waals surface area contributed by atoms with Gasteiger partial charge in [-0.25, -0.2) is 13.8 Å². The summed E-state index contributed by atoms with van der Waals surface area (Å²) in [4.78, 5) is 16.7. The van der Waals surface area contributed by atoms with Crippen molar-refractivity contribution in [3.8, 4) is 11.1 Å². The van der Waals surface area contributed by atoms with Gasteiger partial charge in [0.05, 0.1) is 0 Å². The average Bonchev–Trinajstić information content (AvgIpc) is 2.62. The van der Waals surface area contributed by atoms with Gasteiger partial charge in [-0.3, -0.25) is 4.79 Å². The van der Waals surface area contributed by atoms with Gasteiger partial charge in [0.25, 0.3) is 0 Å². The van der Waals surface area contributed by atoms with Gasteiger partial charge in [-0.15, -0.1) is 11.8 Å². The SMILES string of the molecule is CCN(CCCC(=O)O)c1c(F)cc(-c2cccnc2SC2CCC2)cc1F. The second kappa shape index (κ2) is 9.37. The number of halogens is 2. The van der Waals surface area contributed by atoms with E-state index in [2.05, 4.69) is 4.98 Å². The van der Waals surface area contributed by atoms with Crippen molar-refractivity contribution in [1.29, 1.82) is 0 Å². The Hall–Kier alpha value is -2.15. The van der Waals surface area contributed by atoms with E-state index < -0.39 is 17.6 Å². The van der Waals surface area contributed by atoms with E-state index in [1.54, 1.807) is 35.8 Å². The van der Waals surface area contributed by atoms with Crippen LogP contribution in [0.15, 0.2) is 35.5 Å². The molecule has 1 aromatic carbocycles. The van der Waals surface area contributed by atoms with Gasteiger partial charge in [-0.2, -0.15) is 0 Å². The normalized spacial score (nSPS) is 14.0. The smallest absolute Gasteiger partial charge is 0.303 e. The van der Waals surface area contributed by atoms with E-state index in [1.807, 2.05) is 6.07 Å². The largest absolute Gasteiger partial charge is 0.481 e. The van der Waals surface area contributed by atoms with Crippen LogP contribution in [0.5, 0.6) is 0 Å². The molecule has 0 unspecified atom stereocenters. The topological polar surface area (TPSA) is 53.4 Å². The number of anilines is 1. The first-order valence-electron chi connectivity index (χ1n) is 9.57. The fraction of sp³-hybridized carbons (Fsp3) is 0.429. The van der Waals surface area contributed by atoms with Gasteiger partial charge in [-0.1, -0.05) is 12.5 Å². The Labute approximate surface area is 168 Å². The van der Waals surface area contributed by atoms with Crippen molar-refractivity contribution in [2.45, 2.75) is 49.3 Å². The van der Waals surface area contributed by atoms with Crippen LogP contribution in [0, 0.1) is 11.6 Å². The Kier molecular flexibility index (Phi) is 6.88. The van der Waals surface area contributed by atoms with Crippen molar-refractivity contribution in [2.75, 3.05) is 18.0 Å². The molecule has 0 atom stereocenters. The highest BCUT2D eigenvalue weighted by Gasteiger charge is 2.23. The number of carboxylic acids is 1. The van der Waals surface area contributed by atoms with Crippen molar-refractivity contribution >= 4 is 23.4 Å². The minimum absolute atomic E-state index is 0.0325. The van der Waals surface area contributed by atoms with Crippen molar-refractivity contribution in [3.05, 3.63) is 42.1 Å². The van der Waals surface area contributed by atoms with Crippen LogP contribution in [0.4, 0.5) is 14.5 Å². The van der Waals surface area contributed by atoms with Crippen LogP contribution in [0.1, 0.15) is 39.0 Å². The van der Waals surface area contributed by atoms with E-state index in [9.17, 15) is 13.6 Å². The molecule has 2 aromatic rings. The Morgan fingerprint density at radius 3 is 2.61 bits per heavy atom. The summed E-state index contributed by atoms with van der Waals surface area (Å²) in [7, 11) is 0. The maximum Gasteiger partial charge on any atom is 0.303 e. The molecule has 3 rings (SSSR count). The predicted molar refractivity (Wildman–Crippen MR) is 108 cm³/mol. The third kappa shape index (κ3) is 4.82. The second-order valence-corrected chi connectivity index (χ2v) is 8.18. The maximum atomic E-state index is 14.9. The summed E-state index contributed by atoms with van der Waals surface area (Å²) in [5.74, 6) is -2.20. The lowest BCUT2D eigenvalue weighted by atomic mass is 10.00. The number of benzene rings is 1. The molecule has 0 radical (unpaired) electrons. The maximum absolute atomic E-state index is 14.9. The van der Waals surface area contributed by atoms with Crippen LogP contribution in [0.2, 0.25) is 0 Å². The highest BCUT2D eigenvalue weighted by Crippen LogP contribution is 2.40. The van der Waals surface area contributed by atoms with Gasteiger partial charge in [-0.05, 0) is 49.9 Å². The van der Waals surface area contributed by atoms with Gasteiger partial charge in [0, 0.05) is 36.5 Å². The van der Waals surface area contributed by atoms with Crippen molar-refractivity contribution < 1.29 is 18.7 Å². The molecular weight excluding hydrogens is 382 g/mol. The van der Waals surface area contributed by atoms with E-state index in [-0.39, 0.29) is 18.7 Å². The van der Waals surface area contributed by atoms with Crippen LogP contribution in [-0.2, 0) is 4.79 Å². The molecule has 1 aromatic heterocycles. The molecule has 0 saturated heterocycles. The molecule has 1 aliphatic rings. The number of carboxylic acid groups (broad SMARTS) is 1. The van der Waals surface area contributed by atoms with Crippen molar-refractivity contribution in [2.24, 2.45) is 0 Å². The molecule has 150 valence electrons. The number of hydrogen-bond acceptors (Lipinski definition) is 4. The number of aliphatic carboxylic acids is 1. The van der Waals surface area contributed by atoms with Gasteiger partial charge in [0.15, 0.2) is 0 Å². The molecule has 1 fully saturated rings. The van der Waals surface area contributed by atoms with Crippen LogP contribution >= 0.6 is 11.8 Å². The van der Waals surface area contributed by atoms with Gasteiger partial charge >= 0.3 is 5.97 Å². The predicted octanol–water partition coefficient (Wildman–Crippen LogP) is 5.36. The lowest BCUT2D eigenvalue weighted by molar-refractivity contribution is -0.137. The first-order valence-corrected chi connectivity index (χ1v) is 10.5. The highest BCUT2D eigenvalue weighted by atomic mass is 32.2. The quantitative estimate of drug-likeness (QED) is 0.607. The zero-order valence-electron chi connectivity index (χ0n) is 15.8. The molecule has 4 nitrogen and oxygen atoms in total. The number of thioether (sulfide) groups is 1. The van der Waals surface area contributed by atoms with Gasteiger partial charge < -0.3 is 10.0 Å². The molecule has 0 amide bonds. The molecule has 1 aliphatic carbocycles. The zero-order chi connectivity index (χ0) is 20.1. The lowest BCUT2D eigenvalue weighted by Crippen LogP contribution is -2.26. The number of aromatic nitrogens is 1. The second-order valence-electron chi connectivity index (χ2n) is 6.89. The number of hydrogen-bond donors (Lipinski definition) is 1. The Morgan fingerprint density at radius 1 is 1.32 bits per heavy atom. The van der Waals surface area contributed by atoms with Gasteiger partial charge in [0.1, 0.15) is 22.3 Å². The van der Waals surface area contributed by atoms with Crippen molar-refractivity contribution in [1.82, 2.24) is 4.98 Å². The third-order valence-corrected chi connectivity index (χ3v) is 6.30. The van der Waals surface area contributed by atoms with E-state index in [0.717, 1.165) is 23.4 Å². The summed E-state index contributed by atoms with van der Waals surface area (Å²) in [6.07, 6.45) is 5.50. The monoisotopic (exact) mass is 406 g/mol. The van der Waals surface area contributed by atoms with E-state index in [4.69, 9.17) is 5.11 Å². The molecule has 7 heteroatoms.